The van der Waals surface area contributed by atoms with Crippen LogP contribution in [0, 0.1) is 5.82 Å². The fourth-order valence-corrected chi connectivity index (χ4v) is 1.90. The van der Waals surface area contributed by atoms with Gasteiger partial charge in [-0.2, -0.15) is 0 Å². The fraction of sp³-hybridized carbons (Fsp3) is 0.143. The molecule has 0 saturated heterocycles. The van der Waals surface area contributed by atoms with Crippen molar-refractivity contribution >= 4 is 15.9 Å². The van der Waals surface area contributed by atoms with Gasteiger partial charge in [-0.1, -0.05) is 12.1 Å². The number of halogens is 5. The summed E-state index contributed by atoms with van der Waals surface area (Å²) >= 11 is 3.21. The van der Waals surface area contributed by atoms with Crippen molar-refractivity contribution in [1.82, 2.24) is 0 Å². The molecule has 0 heterocycles. The Hall–Kier alpha value is -1.76. The quantitative estimate of drug-likeness (QED) is 0.705. The van der Waals surface area contributed by atoms with Gasteiger partial charge >= 0.3 is 6.36 Å². The summed E-state index contributed by atoms with van der Waals surface area (Å²) in [6, 6.07) is 9.25. The summed E-state index contributed by atoms with van der Waals surface area (Å²) in [6.45, 7) is 0.0916. The highest BCUT2D eigenvalue weighted by Crippen LogP contribution is 2.27. The summed E-state index contributed by atoms with van der Waals surface area (Å²) in [4.78, 5) is 0. The van der Waals surface area contributed by atoms with Gasteiger partial charge in [0, 0.05) is 6.07 Å². The first-order chi connectivity index (χ1) is 9.83. The molecule has 2 rings (SSSR count). The number of alkyl halides is 3. The van der Waals surface area contributed by atoms with Crippen molar-refractivity contribution in [3.8, 4) is 11.5 Å². The second kappa shape index (κ2) is 6.34. The molecule has 0 fully saturated rings. The predicted octanol–water partition coefficient (Wildman–Crippen LogP) is 5.07. The lowest BCUT2D eigenvalue weighted by Crippen LogP contribution is -2.17. The average Bonchev–Trinajstić information content (AvgIpc) is 2.40. The number of rotatable bonds is 4. The number of benzene rings is 2. The first-order valence-corrected chi connectivity index (χ1v) is 6.55. The fourth-order valence-electron chi connectivity index (χ4n) is 1.54. The van der Waals surface area contributed by atoms with Gasteiger partial charge < -0.3 is 9.47 Å². The lowest BCUT2D eigenvalue weighted by atomic mass is 10.2. The topological polar surface area (TPSA) is 18.5 Å². The summed E-state index contributed by atoms with van der Waals surface area (Å²) in [6.07, 6.45) is -4.72. The highest BCUT2D eigenvalue weighted by atomic mass is 79.9. The second-order valence-corrected chi connectivity index (χ2v) is 4.91. The molecular formula is C14H9BrF4O2. The van der Waals surface area contributed by atoms with E-state index < -0.39 is 12.2 Å². The average molecular weight is 365 g/mol. The molecule has 0 aliphatic carbocycles. The second-order valence-electron chi connectivity index (χ2n) is 4.06. The Kier molecular flexibility index (Phi) is 4.72. The molecule has 0 aromatic heterocycles. The van der Waals surface area contributed by atoms with E-state index in [2.05, 4.69) is 20.7 Å². The van der Waals surface area contributed by atoms with E-state index in [1.165, 1.54) is 42.5 Å². The van der Waals surface area contributed by atoms with E-state index in [0.717, 1.165) is 0 Å². The maximum Gasteiger partial charge on any atom is 0.573 e. The van der Waals surface area contributed by atoms with Gasteiger partial charge in [0.1, 0.15) is 23.9 Å². The number of ether oxygens (including phenoxy) is 2. The van der Waals surface area contributed by atoms with Crippen LogP contribution in [0.25, 0.3) is 0 Å². The largest absolute Gasteiger partial charge is 0.573 e. The molecule has 0 saturated carbocycles. The summed E-state index contributed by atoms with van der Waals surface area (Å²) in [5, 5.41) is 0. The molecule has 0 aliphatic heterocycles. The van der Waals surface area contributed by atoms with E-state index in [1.54, 1.807) is 0 Å². The van der Waals surface area contributed by atoms with E-state index in [0.29, 0.717) is 15.8 Å². The van der Waals surface area contributed by atoms with E-state index in [4.69, 9.17) is 4.74 Å². The first kappa shape index (κ1) is 15.6. The van der Waals surface area contributed by atoms with Crippen molar-refractivity contribution in [3.63, 3.8) is 0 Å². The van der Waals surface area contributed by atoms with Crippen molar-refractivity contribution in [2.75, 3.05) is 0 Å². The summed E-state index contributed by atoms with van der Waals surface area (Å²) in [5.74, 6) is -0.439. The molecule has 2 aromatic carbocycles. The molecule has 0 amide bonds. The Balaban J connectivity index is 1.99. The van der Waals surface area contributed by atoms with E-state index >= 15 is 0 Å². The van der Waals surface area contributed by atoms with Crippen LogP contribution in [0.1, 0.15) is 5.56 Å². The van der Waals surface area contributed by atoms with Crippen LogP contribution in [-0.4, -0.2) is 6.36 Å². The summed E-state index contributed by atoms with van der Waals surface area (Å²) < 4.78 is 58.8. The maximum atomic E-state index is 13.1. The van der Waals surface area contributed by atoms with Crippen molar-refractivity contribution in [1.29, 1.82) is 0 Å². The Morgan fingerprint density at radius 1 is 1.00 bits per heavy atom. The van der Waals surface area contributed by atoms with Crippen LogP contribution < -0.4 is 9.47 Å². The molecule has 0 spiro atoms. The SMILES string of the molecule is Fc1ccc(Br)c(OCc2ccc(OC(F)(F)F)cc2)c1. The molecular weight excluding hydrogens is 356 g/mol. The van der Waals surface area contributed by atoms with Crippen LogP contribution >= 0.6 is 15.9 Å². The lowest BCUT2D eigenvalue weighted by molar-refractivity contribution is -0.274. The summed E-state index contributed by atoms with van der Waals surface area (Å²) in [5.41, 5.74) is 0.626. The molecule has 21 heavy (non-hydrogen) atoms. The third kappa shape index (κ3) is 4.93. The van der Waals surface area contributed by atoms with Gasteiger partial charge in [0.15, 0.2) is 0 Å². The van der Waals surface area contributed by atoms with Gasteiger partial charge in [-0.25, -0.2) is 4.39 Å². The van der Waals surface area contributed by atoms with E-state index in [-0.39, 0.29) is 12.4 Å². The van der Waals surface area contributed by atoms with Crippen molar-refractivity contribution in [2.24, 2.45) is 0 Å². The Bertz CT molecular complexity index is 611. The van der Waals surface area contributed by atoms with Crippen LogP contribution in [0.4, 0.5) is 17.6 Å². The first-order valence-electron chi connectivity index (χ1n) is 5.76. The van der Waals surface area contributed by atoms with Gasteiger partial charge in [-0.3, -0.25) is 0 Å². The van der Waals surface area contributed by atoms with Gasteiger partial charge in [0.2, 0.25) is 0 Å². The monoisotopic (exact) mass is 364 g/mol. The van der Waals surface area contributed by atoms with Crippen molar-refractivity contribution in [3.05, 3.63) is 58.3 Å². The van der Waals surface area contributed by atoms with Crippen LogP contribution in [0.5, 0.6) is 11.5 Å². The minimum Gasteiger partial charge on any atom is -0.488 e. The van der Waals surface area contributed by atoms with Crippen molar-refractivity contribution < 1.29 is 27.0 Å². The molecule has 2 aromatic rings. The third-order valence-electron chi connectivity index (χ3n) is 2.44. The predicted molar refractivity (Wildman–Crippen MR) is 71.6 cm³/mol. The minimum absolute atomic E-state index is 0.0916. The molecule has 0 unspecified atom stereocenters. The Labute approximate surface area is 126 Å². The lowest BCUT2D eigenvalue weighted by Gasteiger charge is -2.10. The van der Waals surface area contributed by atoms with Gasteiger partial charge in [-0.05, 0) is 45.8 Å². The van der Waals surface area contributed by atoms with E-state index in [9.17, 15) is 17.6 Å². The zero-order chi connectivity index (χ0) is 15.5. The van der Waals surface area contributed by atoms with Crippen LogP contribution in [0.3, 0.4) is 0 Å². The van der Waals surface area contributed by atoms with E-state index in [1.807, 2.05) is 0 Å². The highest BCUT2D eigenvalue weighted by Gasteiger charge is 2.30. The van der Waals surface area contributed by atoms with Crippen LogP contribution in [0.15, 0.2) is 46.9 Å². The third-order valence-corrected chi connectivity index (χ3v) is 3.10. The number of hydrogen-bond acceptors (Lipinski definition) is 2. The molecule has 112 valence electrons. The normalized spacial score (nSPS) is 11.3. The van der Waals surface area contributed by atoms with Gasteiger partial charge in [0.05, 0.1) is 4.47 Å². The Morgan fingerprint density at radius 2 is 1.67 bits per heavy atom. The molecule has 7 heteroatoms. The molecule has 0 atom stereocenters. The maximum absolute atomic E-state index is 13.1. The summed E-state index contributed by atoms with van der Waals surface area (Å²) in [7, 11) is 0. The van der Waals surface area contributed by atoms with Crippen LogP contribution in [-0.2, 0) is 6.61 Å². The zero-order valence-electron chi connectivity index (χ0n) is 10.5. The minimum atomic E-state index is -4.72. The van der Waals surface area contributed by atoms with Gasteiger partial charge in [-0.15, -0.1) is 13.2 Å². The molecule has 0 radical (unpaired) electrons. The van der Waals surface area contributed by atoms with Crippen molar-refractivity contribution in [2.45, 2.75) is 13.0 Å². The highest BCUT2D eigenvalue weighted by molar-refractivity contribution is 9.10. The van der Waals surface area contributed by atoms with Crippen LogP contribution in [0.2, 0.25) is 0 Å². The molecule has 2 nitrogen and oxygen atoms in total. The Morgan fingerprint density at radius 3 is 2.29 bits per heavy atom. The smallest absolute Gasteiger partial charge is 0.488 e. The number of hydrogen-bond donors (Lipinski definition) is 0. The molecule has 0 bridgehead atoms. The molecule has 0 aliphatic rings. The van der Waals surface area contributed by atoms with Gasteiger partial charge in [0.25, 0.3) is 0 Å². The zero-order valence-corrected chi connectivity index (χ0v) is 12.0. The molecule has 0 N–H and O–H groups in total. The standard InChI is InChI=1S/C14H9BrF4O2/c15-12-6-3-10(16)7-13(12)20-8-9-1-4-11(5-2-9)21-14(17,18)19/h1-7H,8H2.